The lowest BCUT2D eigenvalue weighted by Gasteiger charge is -2.18. The van der Waals surface area contributed by atoms with Crippen LogP contribution in [-0.4, -0.2) is 70.5 Å². The van der Waals surface area contributed by atoms with Crippen molar-refractivity contribution in [3.63, 3.8) is 0 Å². The van der Waals surface area contributed by atoms with Gasteiger partial charge in [-0.05, 0) is 24.6 Å². The molecule has 0 aliphatic carbocycles. The second kappa shape index (κ2) is 8.76. The molecule has 3 heterocycles. The van der Waals surface area contributed by atoms with Crippen molar-refractivity contribution in [2.45, 2.75) is 42.0 Å². The second-order valence-electron chi connectivity index (χ2n) is 7.74. The summed E-state index contributed by atoms with van der Waals surface area (Å²) in [5.74, 6) is 2.05. The van der Waals surface area contributed by atoms with Crippen LogP contribution in [0.4, 0.5) is 0 Å². The van der Waals surface area contributed by atoms with Gasteiger partial charge in [-0.15, -0.1) is 10.2 Å². The third-order valence-corrected chi connectivity index (χ3v) is 10.5. The molecule has 10 nitrogen and oxygen atoms in total. The minimum atomic E-state index is -3.54. The number of thioether (sulfide) groups is 1. The molecule has 3 aromatic rings. The van der Waals surface area contributed by atoms with E-state index < -0.39 is 19.9 Å². The second-order valence-corrected chi connectivity index (χ2v) is 12.8. The van der Waals surface area contributed by atoms with Gasteiger partial charge in [-0.25, -0.2) is 21.8 Å². The average Bonchev–Trinajstić information content (AvgIpc) is 3.42. The number of H-pyrrole nitrogens is 1. The Hall–Kier alpha value is -1.96. The predicted molar refractivity (Wildman–Crippen MR) is 123 cm³/mol. The van der Waals surface area contributed by atoms with Gasteiger partial charge in [0.2, 0.25) is 10.0 Å². The first-order valence-corrected chi connectivity index (χ1v) is 14.6. The number of rotatable bonds is 8. The molecule has 174 valence electrons. The molecule has 1 aliphatic heterocycles. The molecule has 1 N–H and O–H groups in total. The summed E-state index contributed by atoms with van der Waals surface area (Å²) >= 11 is 1.44. The van der Waals surface area contributed by atoms with Gasteiger partial charge in [0.25, 0.3) is 0 Å². The van der Waals surface area contributed by atoms with E-state index in [1.807, 2.05) is 25.5 Å². The first-order valence-electron chi connectivity index (χ1n) is 10.4. The maximum absolute atomic E-state index is 12.8. The van der Waals surface area contributed by atoms with Crippen molar-refractivity contribution in [2.75, 3.05) is 24.6 Å². The fraction of sp³-hybridized carbons (Fsp3) is 0.526. The number of nitrogens with one attached hydrogen (secondary N) is 1. The van der Waals surface area contributed by atoms with Crippen LogP contribution in [-0.2, 0) is 32.7 Å². The molecule has 1 saturated heterocycles. The standard InChI is InChI=1S/C19H26N6O4S3/c1-4-25(5-2)32(28,29)14-6-7-15-16(10-14)21-17(20-15)11-30-19-23-22-18(24(19)3)13-8-9-31(26,27)12-13/h6-7,10,13H,4-5,8-9,11-12H2,1-3H3,(H,20,21). The lowest BCUT2D eigenvalue weighted by Crippen LogP contribution is -2.30. The highest BCUT2D eigenvalue weighted by atomic mass is 32.2. The van der Waals surface area contributed by atoms with E-state index in [0.717, 1.165) is 0 Å². The maximum Gasteiger partial charge on any atom is 0.243 e. The number of nitrogens with zero attached hydrogens (tertiary/aromatic N) is 5. The maximum atomic E-state index is 12.8. The molecule has 32 heavy (non-hydrogen) atoms. The molecule has 1 aromatic carbocycles. The van der Waals surface area contributed by atoms with E-state index in [0.29, 0.717) is 53.1 Å². The van der Waals surface area contributed by atoms with Crippen molar-refractivity contribution < 1.29 is 16.8 Å². The smallest absolute Gasteiger partial charge is 0.243 e. The minimum Gasteiger partial charge on any atom is -0.341 e. The molecule has 1 unspecified atom stereocenters. The van der Waals surface area contributed by atoms with Crippen LogP contribution in [0.15, 0.2) is 28.3 Å². The molecule has 0 bridgehead atoms. The van der Waals surface area contributed by atoms with E-state index in [-0.39, 0.29) is 22.3 Å². The molecule has 1 fully saturated rings. The predicted octanol–water partition coefficient (Wildman–Crippen LogP) is 1.92. The monoisotopic (exact) mass is 498 g/mol. The molecule has 1 aliphatic rings. The largest absolute Gasteiger partial charge is 0.341 e. The number of hydrogen-bond acceptors (Lipinski definition) is 8. The van der Waals surface area contributed by atoms with Crippen molar-refractivity contribution in [2.24, 2.45) is 7.05 Å². The highest BCUT2D eigenvalue weighted by molar-refractivity contribution is 7.98. The van der Waals surface area contributed by atoms with Crippen LogP contribution in [0.1, 0.15) is 37.8 Å². The Morgan fingerprint density at radius 1 is 1.25 bits per heavy atom. The number of imidazole rings is 1. The molecule has 2 aromatic heterocycles. The Labute approximate surface area is 191 Å². The van der Waals surface area contributed by atoms with Crippen molar-refractivity contribution in [1.82, 2.24) is 29.0 Å². The molecule has 1 atom stereocenters. The van der Waals surface area contributed by atoms with Gasteiger partial charge in [-0.2, -0.15) is 4.31 Å². The first kappa shape index (κ1) is 23.2. The zero-order valence-electron chi connectivity index (χ0n) is 18.1. The highest BCUT2D eigenvalue weighted by Crippen LogP contribution is 2.30. The zero-order valence-corrected chi connectivity index (χ0v) is 20.6. The Kier molecular flexibility index (Phi) is 6.36. The first-order chi connectivity index (χ1) is 15.1. The van der Waals surface area contributed by atoms with Crippen LogP contribution in [0.25, 0.3) is 11.0 Å². The molecule has 0 amide bonds. The molecule has 0 saturated carbocycles. The normalized spacial score (nSPS) is 18.7. The van der Waals surface area contributed by atoms with E-state index in [9.17, 15) is 16.8 Å². The van der Waals surface area contributed by atoms with Gasteiger partial charge in [0.15, 0.2) is 15.0 Å². The summed E-state index contributed by atoms with van der Waals surface area (Å²) < 4.78 is 52.4. The third-order valence-electron chi connectivity index (χ3n) is 5.65. The minimum absolute atomic E-state index is 0.117. The third kappa shape index (κ3) is 4.43. The van der Waals surface area contributed by atoms with Crippen LogP contribution >= 0.6 is 11.8 Å². The molecular weight excluding hydrogens is 472 g/mol. The van der Waals surface area contributed by atoms with E-state index in [2.05, 4.69) is 20.2 Å². The molecule has 0 spiro atoms. The lowest BCUT2D eigenvalue weighted by atomic mass is 10.1. The van der Waals surface area contributed by atoms with E-state index in [1.165, 1.54) is 16.1 Å². The number of aromatic amines is 1. The number of aromatic nitrogens is 5. The van der Waals surface area contributed by atoms with Gasteiger partial charge in [0, 0.05) is 26.1 Å². The molecule has 0 radical (unpaired) electrons. The summed E-state index contributed by atoms with van der Waals surface area (Å²) in [6.45, 7) is 4.45. The van der Waals surface area contributed by atoms with Gasteiger partial charge < -0.3 is 9.55 Å². The van der Waals surface area contributed by atoms with Gasteiger partial charge >= 0.3 is 0 Å². The SMILES string of the molecule is CCN(CC)S(=O)(=O)c1ccc2nc(CSc3nnc(C4CCS(=O)(=O)C4)n3C)[nH]c2c1. The molecule has 4 rings (SSSR count). The number of hydrogen-bond donors (Lipinski definition) is 1. The Bertz CT molecular complexity index is 1340. The van der Waals surface area contributed by atoms with Crippen molar-refractivity contribution in [1.29, 1.82) is 0 Å². The number of benzene rings is 1. The number of fused-ring (bicyclic) bond motifs is 1. The summed E-state index contributed by atoms with van der Waals surface area (Å²) in [6, 6.07) is 4.90. The summed E-state index contributed by atoms with van der Waals surface area (Å²) in [5, 5.41) is 9.11. The van der Waals surface area contributed by atoms with Gasteiger partial charge in [0.05, 0.1) is 33.2 Å². The fourth-order valence-corrected chi connectivity index (χ4v) is 7.93. The lowest BCUT2D eigenvalue weighted by molar-refractivity contribution is 0.445. The summed E-state index contributed by atoms with van der Waals surface area (Å²) in [6.07, 6.45) is 0.571. The average molecular weight is 499 g/mol. The Morgan fingerprint density at radius 2 is 2.00 bits per heavy atom. The number of sulfone groups is 1. The Balaban J connectivity index is 1.50. The zero-order chi connectivity index (χ0) is 23.1. The van der Waals surface area contributed by atoms with Crippen molar-refractivity contribution in [3.05, 3.63) is 29.8 Å². The van der Waals surface area contributed by atoms with Crippen molar-refractivity contribution >= 4 is 42.7 Å². The van der Waals surface area contributed by atoms with Gasteiger partial charge in [0.1, 0.15) is 11.6 Å². The summed E-state index contributed by atoms with van der Waals surface area (Å²) in [4.78, 5) is 7.98. The van der Waals surface area contributed by atoms with Crippen LogP contribution in [0.5, 0.6) is 0 Å². The fourth-order valence-electron chi connectivity index (χ4n) is 3.92. The molecular formula is C19H26N6O4S3. The topological polar surface area (TPSA) is 131 Å². The van der Waals surface area contributed by atoms with Gasteiger partial charge in [-0.3, -0.25) is 0 Å². The van der Waals surface area contributed by atoms with Crippen LogP contribution < -0.4 is 0 Å². The highest BCUT2D eigenvalue weighted by Gasteiger charge is 2.32. The summed E-state index contributed by atoms with van der Waals surface area (Å²) in [5.41, 5.74) is 1.34. The van der Waals surface area contributed by atoms with Crippen LogP contribution in [0.2, 0.25) is 0 Å². The summed E-state index contributed by atoms with van der Waals surface area (Å²) in [7, 11) is -4.70. The van der Waals surface area contributed by atoms with Crippen LogP contribution in [0.3, 0.4) is 0 Å². The van der Waals surface area contributed by atoms with Gasteiger partial charge in [-0.1, -0.05) is 25.6 Å². The van der Waals surface area contributed by atoms with Crippen LogP contribution in [0, 0.1) is 0 Å². The van der Waals surface area contributed by atoms with E-state index in [1.54, 1.807) is 18.2 Å². The van der Waals surface area contributed by atoms with E-state index >= 15 is 0 Å². The van der Waals surface area contributed by atoms with Crippen molar-refractivity contribution in [3.8, 4) is 0 Å². The molecule has 13 heteroatoms. The Morgan fingerprint density at radius 3 is 2.66 bits per heavy atom. The quantitative estimate of drug-likeness (QED) is 0.466. The van der Waals surface area contributed by atoms with E-state index in [4.69, 9.17) is 0 Å². The number of sulfonamides is 1.